The molecule has 0 saturated heterocycles. The van der Waals surface area contributed by atoms with Gasteiger partial charge < -0.3 is 4.98 Å². The Kier molecular flexibility index (Phi) is 3.43. The number of benzene rings is 1. The van der Waals surface area contributed by atoms with Crippen molar-refractivity contribution in [3.63, 3.8) is 0 Å². The van der Waals surface area contributed by atoms with Gasteiger partial charge in [-0.3, -0.25) is 15.2 Å². The first-order valence-electron chi connectivity index (χ1n) is 6.92. The van der Waals surface area contributed by atoms with Crippen LogP contribution in [0.3, 0.4) is 0 Å². The number of amides is 1. The first kappa shape index (κ1) is 13.4. The standard InChI is InChI=1S/C15H17N5O/c1-9(2)7-10-8-13(20-19-10)14(21)18-15-16-11-5-3-4-6-12(11)17-15/h3-6,8-9H,7H2,1-2H3,(H,19,20)(H2,16,17,18,21). The second-order valence-corrected chi connectivity index (χ2v) is 5.43. The number of imidazole rings is 1. The van der Waals surface area contributed by atoms with E-state index in [1.165, 1.54) is 0 Å². The van der Waals surface area contributed by atoms with E-state index in [1.807, 2.05) is 24.3 Å². The third kappa shape index (κ3) is 2.94. The Bertz CT molecular complexity index is 738. The monoisotopic (exact) mass is 283 g/mol. The number of aromatic nitrogens is 4. The van der Waals surface area contributed by atoms with Crippen molar-refractivity contribution >= 4 is 22.9 Å². The van der Waals surface area contributed by atoms with Crippen molar-refractivity contribution in [3.05, 3.63) is 41.7 Å². The second kappa shape index (κ2) is 5.40. The van der Waals surface area contributed by atoms with E-state index in [-0.39, 0.29) is 5.91 Å². The van der Waals surface area contributed by atoms with Gasteiger partial charge in [0.05, 0.1) is 11.0 Å². The van der Waals surface area contributed by atoms with Crippen molar-refractivity contribution in [2.24, 2.45) is 5.92 Å². The van der Waals surface area contributed by atoms with Crippen LogP contribution in [0.2, 0.25) is 0 Å². The third-order valence-electron chi connectivity index (χ3n) is 3.11. The highest BCUT2D eigenvalue weighted by Gasteiger charge is 2.13. The normalized spacial score (nSPS) is 11.2. The van der Waals surface area contributed by atoms with E-state index in [2.05, 4.69) is 39.3 Å². The second-order valence-electron chi connectivity index (χ2n) is 5.43. The zero-order valence-corrected chi connectivity index (χ0v) is 12.0. The van der Waals surface area contributed by atoms with Crippen molar-refractivity contribution in [2.45, 2.75) is 20.3 Å². The van der Waals surface area contributed by atoms with E-state index in [0.717, 1.165) is 23.1 Å². The van der Waals surface area contributed by atoms with Gasteiger partial charge in [0.2, 0.25) is 5.95 Å². The molecule has 3 aromatic rings. The molecule has 108 valence electrons. The number of H-pyrrole nitrogens is 2. The Hall–Kier alpha value is -2.63. The first-order valence-corrected chi connectivity index (χ1v) is 6.92. The lowest BCUT2D eigenvalue weighted by Crippen LogP contribution is -2.13. The number of fused-ring (bicyclic) bond motifs is 1. The molecule has 0 bridgehead atoms. The molecular weight excluding hydrogens is 266 g/mol. The molecule has 0 aliphatic rings. The Morgan fingerprint density at radius 3 is 2.90 bits per heavy atom. The van der Waals surface area contributed by atoms with E-state index in [0.29, 0.717) is 17.6 Å². The summed E-state index contributed by atoms with van der Waals surface area (Å²) in [7, 11) is 0. The van der Waals surface area contributed by atoms with Crippen LogP contribution in [0.15, 0.2) is 30.3 Å². The summed E-state index contributed by atoms with van der Waals surface area (Å²) in [5, 5.41) is 9.66. The van der Waals surface area contributed by atoms with Crippen LogP contribution in [0.5, 0.6) is 0 Å². The fourth-order valence-corrected chi connectivity index (χ4v) is 2.21. The molecule has 2 heterocycles. The molecule has 0 saturated carbocycles. The Labute approximate surface area is 122 Å². The molecule has 0 radical (unpaired) electrons. The van der Waals surface area contributed by atoms with Crippen molar-refractivity contribution in [2.75, 3.05) is 5.32 Å². The molecule has 0 spiro atoms. The molecule has 1 amide bonds. The maximum absolute atomic E-state index is 12.1. The topological polar surface area (TPSA) is 86.5 Å². The SMILES string of the molecule is CC(C)Cc1cc(C(=O)Nc2nc3ccccc3[nH]2)n[nH]1. The van der Waals surface area contributed by atoms with Gasteiger partial charge in [0, 0.05) is 5.69 Å². The summed E-state index contributed by atoms with van der Waals surface area (Å²) in [5.41, 5.74) is 3.02. The Balaban J connectivity index is 1.74. The molecule has 6 nitrogen and oxygen atoms in total. The Morgan fingerprint density at radius 1 is 1.33 bits per heavy atom. The van der Waals surface area contributed by atoms with E-state index in [9.17, 15) is 4.79 Å². The lowest BCUT2D eigenvalue weighted by atomic mass is 10.1. The van der Waals surface area contributed by atoms with Crippen LogP contribution >= 0.6 is 0 Å². The molecule has 3 rings (SSSR count). The first-order chi connectivity index (χ1) is 10.1. The lowest BCUT2D eigenvalue weighted by molar-refractivity contribution is 0.102. The van der Waals surface area contributed by atoms with Gasteiger partial charge in [0.1, 0.15) is 0 Å². The van der Waals surface area contributed by atoms with Crippen molar-refractivity contribution in [1.29, 1.82) is 0 Å². The predicted octanol–water partition coefficient (Wildman–Crippen LogP) is 2.74. The molecule has 0 aliphatic heterocycles. The van der Waals surface area contributed by atoms with Gasteiger partial charge in [-0.1, -0.05) is 26.0 Å². The van der Waals surface area contributed by atoms with Gasteiger partial charge in [-0.25, -0.2) is 4.98 Å². The summed E-state index contributed by atoms with van der Waals surface area (Å²) >= 11 is 0. The average molecular weight is 283 g/mol. The fraction of sp³-hybridized carbons (Fsp3) is 0.267. The molecule has 0 atom stereocenters. The molecule has 2 aromatic heterocycles. The molecule has 0 fully saturated rings. The molecule has 0 aliphatic carbocycles. The summed E-state index contributed by atoms with van der Waals surface area (Å²) in [4.78, 5) is 19.5. The molecule has 21 heavy (non-hydrogen) atoms. The van der Waals surface area contributed by atoms with Gasteiger partial charge >= 0.3 is 0 Å². The minimum absolute atomic E-state index is 0.277. The van der Waals surface area contributed by atoms with Gasteiger partial charge in [-0.15, -0.1) is 0 Å². The highest BCUT2D eigenvalue weighted by Crippen LogP contribution is 2.14. The smallest absolute Gasteiger partial charge is 0.278 e. The zero-order chi connectivity index (χ0) is 14.8. The summed E-state index contributed by atoms with van der Waals surface area (Å²) < 4.78 is 0. The van der Waals surface area contributed by atoms with Gasteiger partial charge in [-0.2, -0.15) is 5.10 Å². The minimum atomic E-state index is -0.277. The molecule has 3 N–H and O–H groups in total. The van der Waals surface area contributed by atoms with Crippen LogP contribution in [-0.4, -0.2) is 26.1 Å². The fourth-order valence-electron chi connectivity index (χ4n) is 2.21. The highest BCUT2D eigenvalue weighted by atomic mass is 16.2. The van der Waals surface area contributed by atoms with Gasteiger partial charge in [-0.05, 0) is 30.5 Å². The summed E-state index contributed by atoms with van der Waals surface area (Å²) in [6.45, 7) is 4.24. The maximum Gasteiger partial charge on any atom is 0.278 e. The molecular formula is C15H17N5O. The number of carbonyl (C=O) groups excluding carboxylic acids is 1. The lowest BCUT2D eigenvalue weighted by Gasteiger charge is -1.99. The van der Waals surface area contributed by atoms with Gasteiger partial charge in [0.25, 0.3) is 5.91 Å². The number of nitrogens with zero attached hydrogens (tertiary/aromatic N) is 2. The highest BCUT2D eigenvalue weighted by molar-refractivity contribution is 6.02. The zero-order valence-electron chi connectivity index (χ0n) is 12.0. The van der Waals surface area contributed by atoms with Crippen molar-refractivity contribution < 1.29 is 4.79 Å². The van der Waals surface area contributed by atoms with E-state index < -0.39 is 0 Å². The van der Waals surface area contributed by atoms with Crippen molar-refractivity contribution in [3.8, 4) is 0 Å². The van der Waals surface area contributed by atoms with Crippen LogP contribution < -0.4 is 5.32 Å². The number of para-hydroxylation sites is 2. The molecule has 6 heteroatoms. The van der Waals surface area contributed by atoms with Gasteiger partial charge in [0.15, 0.2) is 5.69 Å². The van der Waals surface area contributed by atoms with Crippen LogP contribution in [0.1, 0.15) is 30.0 Å². The molecule has 0 unspecified atom stereocenters. The number of anilines is 1. The van der Waals surface area contributed by atoms with Crippen LogP contribution in [-0.2, 0) is 6.42 Å². The largest absolute Gasteiger partial charge is 0.324 e. The summed E-state index contributed by atoms with van der Waals surface area (Å²) in [6.07, 6.45) is 0.866. The number of nitrogens with one attached hydrogen (secondary N) is 3. The number of rotatable bonds is 4. The van der Waals surface area contributed by atoms with E-state index in [1.54, 1.807) is 6.07 Å². The number of aromatic amines is 2. The van der Waals surface area contributed by atoms with E-state index in [4.69, 9.17) is 0 Å². The number of hydrogen-bond acceptors (Lipinski definition) is 3. The third-order valence-corrected chi connectivity index (χ3v) is 3.11. The molecule has 1 aromatic carbocycles. The Morgan fingerprint density at radius 2 is 2.14 bits per heavy atom. The van der Waals surface area contributed by atoms with Crippen LogP contribution in [0.25, 0.3) is 11.0 Å². The summed E-state index contributed by atoms with van der Waals surface area (Å²) in [6, 6.07) is 9.39. The number of hydrogen-bond donors (Lipinski definition) is 3. The average Bonchev–Trinajstić information content (AvgIpc) is 3.03. The van der Waals surface area contributed by atoms with Crippen LogP contribution in [0.4, 0.5) is 5.95 Å². The predicted molar refractivity (Wildman–Crippen MR) is 81.2 cm³/mol. The minimum Gasteiger partial charge on any atom is -0.324 e. The summed E-state index contributed by atoms with van der Waals surface area (Å²) in [5.74, 6) is 0.659. The quantitative estimate of drug-likeness (QED) is 0.688. The number of carbonyl (C=O) groups is 1. The maximum atomic E-state index is 12.1. The van der Waals surface area contributed by atoms with Crippen molar-refractivity contribution in [1.82, 2.24) is 20.2 Å². The van der Waals surface area contributed by atoms with Crippen LogP contribution in [0, 0.1) is 5.92 Å². The van der Waals surface area contributed by atoms with E-state index >= 15 is 0 Å².